The minimum Gasteiger partial charge on any atom is -0.505 e. The van der Waals surface area contributed by atoms with Crippen molar-refractivity contribution in [1.29, 1.82) is 0 Å². The molecular weight excluding hydrogens is 466 g/mol. The van der Waals surface area contributed by atoms with E-state index in [1.54, 1.807) is 30.3 Å². The van der Waals surface area contributed by atoms with Crippen LogP contribution < -0.4 is 16.0 Å². The molecule has 3 rings (SSSR count). The summed E-state index contributed by atoms with van der Waals surface area (Å²) in [4.78, 5) is 36.3. The van der Waals surface area contributed by atoms with Crippen LogP contribution in [0, 0.1) is 0 Å². The minimum absolute atomic E-state index is 0.0399. The van der Waals surface area contributed by atoms with E-state index in [0.717, 1.165) is 25.7 Å². The monoisotopic (exact) mass is 507 g/mol. The Kier molecular flexibility index (Phi) is 12.0. The summed E-state index contributed by atoms with van der Waals surface area (Å²) in [5, 5.41) is 18.6. The molecule has 1 aliphatic rings. The lowest BCUT2D eigenvalue weighted by atomic mass is 10.00. The zero-order valence-corrected chi connectivity index (χ0v) is 21.8. The van der Waals surface area contributed by atoms with Gasteiger partial charge in [-0.3, -0.25) is 14.4 Å². The number of carbonyl (C=O) groups is 3. The van der Waals surface area contributed by atoms with Gasteiger partial charge >= 0.3 is 0 Å². The number of phenolic OH excluding ortho intramolecular Hbond substituents is 1. The van der Waals surface area contributed by atoms with E-state index in [-0.39, 0.29) is 28.9 Å². The fourth-order valence-corrected chi connectivity index (χ4v) is 4.92. The number of aromatic hydroxyl groups is 1. The minimum atomic E-state index is -0.514. The van der Waals surface area contributed by atoms with Crippen molar-refractivity contribution in [1.82, 2.24) is 5.32 Å². The molecule has 1 aliphatic carbocycles. The second-order valence-corrected chi connectivity index (χ2v) is 9.99. The summed E-state index contributed by atoms with van der Waals surface area (Å²) in [6.07, 6.45) is 17.9. The molecule has 200 valence electrons. The van der Waals surface area contributed by atoms with Crippen molar-refractivity contribution in [2.75, 3.05) is 10.6 Å². The third-order valence-corrected chi connectivity index (χ3v) is 7.09. The van der Waals surface area contributed by atoms with Crippen LogP contribution in [0.25, 0.3) is 0 Å². The quantitative estimate of drug-likeness (QED) is 0.255. The molecule has 0 bridgehead atoms. The number of rotatable bonds is 6. The molecule has 0 aliphatic heterocycles. The Hall–Kier alpha value is -3.35. The van der Waals surface area contributed by atoms with Gasteiger partial charge in [0.15, 0.2) is 5.75 Å². The number of hydrogen-bond donors (Lipinski definition) is 4. The molecule has 0 spiro atoms. The molecule has 0 heterocycles. The highest BCUT2D eigenvalue weighted by atomic mass is 16.3. The van der Waals surface area contributed by atoms with E-state index in [1.165, 1.54) is 76.3 Å². The molecule has 0 saturated heterocycles. The number of benzene rings is 2. The molecule has 0 radical (unpaired) electrons. The molecule has 7 heteroatoms. The van der Waals surface area contributed by atoms with Crippen molar-refractivity contribution in [3.8, 4) is 5.75 Å². The van der Waals surface area contributed by atoms with Gasteiger partial charge < -0.3 is 21.1 Å². The lowest BCUT2D eigenvalue weighted by Gasteiger charge is -2.19. The van der Waals surface area contributed by atoms with Gasteiger partial charge in [0.1, 0.15) is 0 Å². The Balaban J connectivity index is 1.55. The van der Waals surface area contributed by atoms with Crippen LogP contribution >= 0.6 is 0 Å². The Morgan fingerprint density at radius 3 is 1.81 bits per heavy atom. The lowest BCUT2D eigenvalue weighted by Crippen LogP contribution is -2.34. The Bertz CT molecular complexity index is 990. The molecule has 3 amide bonds. The maximum atomic E-state index is 13.0. The highest BCUT2D eigenvalue weighted by Gasteiger charge is 2.16. The highest BCUT2D eigenvalue weighted by Crippen LogP contribution is 2.28. The van der Waals surface area contributed by atoms with Crippen molar-refractivity contribution in [2.45, 2.75) is 95.9 Å². The second kappa shape index (κ2) is 15.7. The van der Waals surface area contributed by atoms with Gasteiger partial charge in [0.05, 0.1) is 11.3 Å². The predicted octanol–water partition coefficient (Wildman–Crippen LogP) is 6.79. The van der Waals surface area contributed by atoms with Gasteiger partial charge in [-0.2, -0.15) is 0 Å². The Morgan fingerprint density at radius 1 is 0.730 bits per heavy atom. The first kappa shape index (κ1) is 28.2. The van der Waals surface area contributed by atoms with E-state index in [4.69, 9.17) is 0 Å². The molecule has 0 aromatic heterocycles. The summed E-state index contributed by atoms with van der Waals surface area (Å²) in [6.45, 7) is 0. The van der Waals surface area contributed by atoms with Crippen molar-refractivity contribution in [3.05, 3.63) is 53.6 Å². The van der Waals surface area contributed by atoms with Gasteiger partial charge in [-0.1, -0.05) is 83.1 Å². The van der Waals surface area contributed by atoms with Crippen LogP contribution in [-0.4, -0.2) is 29.4 Å². The summed E-state index contributed by atoms with van der Waals surface area (Å²) in [5.74, 6) is -0.910. The number of nitrogens with one attached hydrogen (secondary N) is 3. The highest BCUT2D eigenvalue weighted by molar-refractivity contribution is 6.07. The largest absolute Gasteiger partial charge is 0.505 e. The molecule has 37 heavy (non-hydrogen) atoms. The molecule has 2 aromatic rings. The number of amides is 3. The second-order valence-electron chi connectivity index (χ2n) is 9.99. The van der Waals surface area contributed by atoms with E-state index >= 15 is 0 Å². The van der Waals surface area contributed by atoms with Gasteiger partial charge in [-0.05, 0) is 49.2 Å². The average Bonchev–Trinajstić information content (AvgIpc) is 2.91. The summed E-state index contributed by atoms with van der Waals surface area (Å²) in [7, 11) is 0. The predicted molar refractivity (Wildman–Crippen MR) is 148 cm³/mol. The van der Waals surface area contributed by atoms with E-state index in [1.807, 2.05) is 0 Å². The number of para-hydroxylation sites is 1. The van der Waals surface area contributed by atoms with Gasteiger partial charge in [0, 0.05) is 17.3 Å². The number of anilines is 2. The van der Waals surface area contributed by atoms with Crippen molar-refractivity contribution in [3.63, 3.8) is 0 Å². The van der Waals surface area contributed by atoms with Crippen molar-refractivity contribution in [2.24, 2.45) is 0 Å². The zero-order chi connectivity index (χ0) is 26.3. The van der Waals surface area contributed by atoms with Crippen LogP contribution in [0.1, 0.15) is 111 Å². The first-order valence-electron chi connectivity index (χ1n) is 13.8. The summed E-state index contributed by atoms with van der Waals surface area (Å²) in [5.41, 5.74) is 1.25. The topological polar surface area (TPSA) is 108 Å². The Labute approximate surface area is 220 Å². The fraction of sp³-hybridized carbons (Fsp3) is 0.500. The summed E-state index contributed by atoms with van der Waals surface area (Å²) in [6, 6.07) is 11.5. The van der Waals surface area contributed by atoms with Gasteiger partial charge in [-0.15, -0.1) is 0 Å². The third kappa shape index (κ3) is 9.56. The molecule has 0 atom stereocenters. The molecule has 0 unspecified atom stereocenters. The fourth-order valence-electron chi connectivity index (χ4n) is 4.92. The molecule has 2 aromatic carbocycles. The SMILES string of the molecule is O=CNc1cccc(C(=O)Nc2ccc(C(=O)NC3CCCCCCCCCCCCCC3)cc2)c1O. The maximum Gasteiger partial charge on any atom is 0.259 e. The average molecular weight is 508 g/mol. The molecule has 1 saturated carbocycles. The van der Waals surface area contributed by atoms with Crippen LogP contribution in [0.4, 0.5) is 11.4 Å². The molecular formula is C30H41N3O4. The number of phenols is 1. The van der Waals surface area contributed by atoms with Gasteiger partial charge in [-0.25, -0.2) is 0 Å². The summed E-state index contributed by atoms with van der Waals surface area (Å²) < 4.78 is 0. The lowest BCUT2D eigenvalue weighted by molar-refractivity contribution is -0.105. The number of carbonyl (C=O) groups excluding carboxylic acids is 3. The normalized spacial score (nSPS) is 16.5. The van der Waals surface area contributed by atoms with Crippen LogP contribution in [-0.2, 0) is 4.79 Å². The molecule has 7 nitrogen and oxygen atoms in total. The first-order chi connectivity index (χ1) is 18.1. The Morgan fingerprint density at radius 2 is 1.27 bits per heavy atom. The smallest absolute Gasteiger partial charge is 0.259 e. The molecule has 4 N–H and O–H groups in total. The van der Waals surface area contributed by atoms with Gasteiger partial charge in [0.2, 0.25) is 6.41 Å². The first-order valence-corrected chi connectivity index (χ1v) is 13.8. The molecule has 1 fully saturated rings. The van der Waals surface area contributed by atoms with E-state index in [2.05, 4.69) is 16.0 Å². The van der Waals surface area contributed by atoms with E-state index < -0.39 is 5.91 Å². The zero-order valence-electron chi connectivity index (χ0n) is 21.8. The van der Waals surface area contributed by atoms with Gasteiger partial charge in [0.25, 0.3) is 11.8 Å². The standard InChI is InChI=1S/C30H41N3O4/c34-22-31-27-17-13-16-26(28(27)35)30(37)33-25-20-18-23(19-21-25)29(36)32-24-14-11-9-7-5-3-1-2-4-6-8-10-12-15-24/h13,16-22,24,35H,1-12,14-15H2,(H,31,34)(H,32,36)(H,33,37). The van der Waals surface area contributed by atoms with Crippen LogP contribution in [0.2, 0.25) is 0 Å². The van der Waals surface area contributed by atoms with E-state index in [9.17, 15) is 19.5 Å². The van der Waals surface area contributed by atoms with Crippen molar-refractivity contribution >= 4 is 29.6 Å². The van der Waals surface area contributed by atoms with Crippen molar-refractivity contribution < 1.29 is 19.5 Å². The van der Waals surface area contributed by atoms with Crippen LogP contribution in [0.15, 0.2) is 42.5 Å². The van der Waals surface area contributed by atoms with Crippen LogP contribution in [0.5, 0.6) is 5.75 Å². The third-order valence-electron chi connectivity index (χ3n) is 7.09. The van der Waals surface area contributed by atoms with Crippen LogP contribution in [0.3, 0.4) is 0 Å². The maximum absolute atomic E-state index is 13.0. The summed E-state index contributed by atoms with van der Waals surface area (Å²) >= 11 is 0. The van der Waals surface area contributed by atoms with E-state index in [0.29, 0.717) is 17.7 Å². The number of hydrogen-bond acceptors (Lipinski definition) is 4.